The normalized spacial score (nSPS) is 8.40. The number of carboxylic acid groups (broad SMARTS) is 2. The molecule has 0 spiro atoms. The smallest absolute Gasteiger partial charge is 0.414 e. The van der Waals surface area contributed by atoms with E-state index in [4.69, 9.17) is 25.6 Å². The number of benzene rings is 1. The van der Waals surface area contributed by atoms with Crippen LogP contribution in [-0.4, -0.2) is 22.2 Å². The summed E-state index contributed by atoms with van der Waals surface area (Å²) in [5, 5.41) is 14.8. The lowest BCUT2D eigenvalue weighted by atomic mass is 10.3. The van der Waals surface area contributed by atoms with Crippen molar-refractivity contribution in [1.29, 1.82) is 0 Å². The third-order valence-electron chi connectivity index (χ3n) is 1.19. The number of carboxylic acids is 2. The molecule has 0 aliphatic carbocycles. The van der Waals surface area contributed by atoms with Crippen LogP contribution in [0.2, 0.25) is 0 Å². The quantitative estimate of drug-likeness (QED) is 0.304. The first-order valence-corrected chi connectivity index (χ1v) is 4.38. The van der Waals surface area contributed by atoms with E-state index in [0.717, 1.165) is 5.69 Å². The molecule has 15 heavy (non-hydrogen) atoms. The van der Waals surface area contributed by atoms with Crippen LogP contribution in [0.15, 0.2) is 30.3 Å². The molecule has 0 saturated heterocycles. The Labute approximate surface area is 94.2 Å². The summed E-state index contributed by atoms with van der Waals surface area (Å²) in [6, 6.07) is 9.62. The van der Waals surface area contributed by atoms with Gasteiger partial charge in [0.2, 0.25) is 0 Å². The molecule has 0 saturated carbocycles. The molecule has 0 aliphatic rings. The highest BCUT2D eigenvalue weighted by atomic mass is 79.9. The summed E-state index contributed by atoms with van der Waals surface area (Å²) >= 11 is 3.09. The number of carbonyl (C=O) groups is 2. The van der Waals surface area contributed by atoms with E-state index in [9.17, 15) is 0 Å². The molecule has 0 unspecified atom stereocenters. The molecule has 6 nitrogen and oxygen atoms in total. The van der Waals surface area contributed by atoms with Crippen molar-refractivity contribution < 1.29 is 19.8 Å². The van der Waals surface area contributed by atoms with Crippen molar-refractivity contribution in [3.05, 3.63) is 30.3 Å². The second-order valence-corrected chi connectivity index (χ2v) is 3.02. The monoisotopic (exact) mass is 276 g/mol. The average Bonchev–Trinajstić information content (AvgIpc) is 2.20. The molecule has 0 aliphatic heterocycles. The zero-order chi connectivity index (χ0) is 11.8. The first-order chi connectivity index (χ1) is 6.95. The van der Waals surface area contributed by atoms with E-state index in [1.807, 2.05) is 30.3 Å². The number of hydrogen-bond acceptors (Lipinski definition) is 4. The van der Waals surface area contributed by atoms with Gasteiger partial charge < -0.3 is 10.2 Å². The fourth-order valence-electron chi connectivity index (χ4n) is 0.570. The van der Waals surface area contributed by atoms with Crippen molar-refractivity contribution >= 4 is 33.8 Å². The van der Waals surface area contributed by atoms with Crippen LogP contribution in [0.1, 0.15) is 0 Å². The van der Waals surface area contributed by atoms with E-state index in [-0.39, 0.29) is 0 Å². The van der Waals surface area contributed by atoms with Gasteiger partial charge in [0.1, 0.15) is 0 Å². The standard InChI is InChI=1S/C6H7BrN2.C2H2O4/c7-9(8)6-4-2-1-3-5-6;3-1(4)2(5)6/h1-5H,8H2;(H,3,4)(H,5,6). The fourth-order valence-corrected chi connectivity index (χ4v) is 0.807. The van der Waals surface area contributed by atoms with Crippen LogP contribution in [-0.2, 0) is 9.59 Å². The van der Waals surface area contributed by atoms with Gasteiger partial charge in [-0.1, -0.05) is 18.2 Å². The van der Waals surface area contributed by atoms with Gasteiger partial charge in [0.25, 0.3) is 0 Å². The Hall–Kier alpha value is -1.60. The molecule has 1 aromatic rings. The molecule has 0 amide bonds. The summed E-state index contributed by atoms with van der Waals surface area (Å²) in [4.78, 5) is 18.2. The van der Waals surface area contributed by atoms with Crippen LogP contribution in [0.4, 0.5) is 5.69 Å². The van der Waals surface area contributed by atoms with Gasteiger partial charge in [-0.2, -0.15) is 0 Å². The summed E-state index contributed by atoms with van der Waals surface area (Å²) in [6.45, 7) is 0. The molecule has 1 aromatic carbocycles. The van der Waals surface area contributed by atoms with Crippen LogP contribution in [0.5, 0.6) is 0 Å². The van der Waals surface area contributed by atoms with Crippen LogP contribution in [0.25, 0.3) is 0 Å². The Kier molecular flexibility index (Phi) is 6.07. The lowest BCUT2D eigenvalue weighted by Gasteiger charge is -2.06. The van der Waals surface area contributed by atoms with Gasteiger partial charge in [-0.3, -0.25) is 0 Å². The van der Waals surface area contributed by atoms with Crippen molar-refractivity contribution in [3.63, 3.8) is 0 Å². The summed E-state index contributed by atoms with van der Waals surface area (Å²) in [6.07, 6.45) is 0. The third-order valence-corrected chi connectivity index (χ3v) is 1.60. The third kappa shape index (κ3) is 6.47. The second-order valence-electron chi connectivity index (χ2n) is 2.26. The first kappa shape index (κ1) is 13.4. The lowest BCUT2D eigenvalue weighted by Crippen LogP contribution is -2.16. The van der Waals surface area contributed by atoms with Crippen molar-refractivity contribution in [2.75, 3.05) is 4.03 Å². The Balaban J connectivity index is 0.000000288. The Morgan fingerprint density at radius 2 is 1.53 bits per heavy atom. The minimum Gasteiger partial charge on any atom is -0.473 e. The van der Waals surface area contributed by atoms with Crippen LogP contribution in [0, 0.1) is 0 Å². The molecule has 0 fully saturated rings. The van der Waals surface area contributed by atoms with E-state index in [2.05, 4.69) is 16.1 Å². The molecule has 0 heterocycles. The predicted octanol–water partition coefficient (Wildman–Crippen LogP) is 0.832. The Morgan fingerprint density at radius 1 is 1.13 bits per heavy atom. The number of nitrogens with zero attached hydrogens (tertiary/aromatic N) is 1. The molecule has 4 N–H and O–H groups in total. The molecular weight excluding hydrogens is 268 g/mol. The van der Waals surface area contributed by atoms with Gasteiger partial charge in [-0.25, -0.2) is 19.5 Å². The number of rotatable bonds is 1. The highest BCUT2D eigenvalue weighted by Gasteiger charge is 2.04. The molecule has 0 radical (unpaired) electrons. The van der Waals surface area contributed by atoms with Crippen molar-refractivity contribution in [1.82, 2.24) is 0 Å². The zero-order valence-electron chi connectivity index (χ0n) is 7.50. The van der Waals surface area contributed by atoms with Crippen LogP contribution >= 0.6 is 16.1 Å². The average molecular weight is 277 g/mol. The molecule has 0 aromatic heterocycles. The van der Waals surface area contributed by atoms with Gasteiger partial charge in [-0.15, -0.1) is 0 Å². The van der Waals surface area contributed by atoms with E-state index >= 15 is 0 Å². The second kappa shape index (κ2) is 6.80. The van der Waals surface area contributed by atoms with E-state index in [1.54, 1.807) is 0 Å². The van der Waals surface area contributed by atoms with E-state index in [0.29, 0.717) is 0 Å². The van der Waals surface area contributed by atoms with Crippen molar-refractivity contribution in [2.24, 2.45) is 5.84 Å². The zero-order valence-corrected chi connectivity index (χ0v) is 9.09. The number of aliphatic carboxylic acids is 2. The maximum Gasteiger partial charge on any atom is 0.414 e. The molecule has 0 atom stereocenters. The van der Waals surface area contributed by atoms with Gasteiger partial charge in [0.05, 0.1) is 21.8 Å². The van der Waals surface area contributed by atoms with Crippen molar-refractivity contribution in [3.8, 4) is 0 Å². The van der Waals surface area contributed by atoms with E-state index in [1.165, 1.54) is 4.03 Å². The SMILES string of the molecule is NN(Br)c1ccccc1.O=C(O)C(=O)O. The number of halogens is 1. The summed E-state index contributed by atoms with van der Waals surface area (Å²) in [7, 11) is 0. The summed E-state index contributed by atoms with van der Waals surface area (Å²) < 4.78 is 1.40. The fraction of sp³-hybridized carbons (Fsp3) is 0. The number of hydrazine groups is 1. The Morgan fingerprint density at radius 3 is 1.73 bits per heavy atom. The van der Waals surface area contributed by atoms with Gasteiger partial charge in [0.15, 0.2) is 0 Å². The summed E-state index contributed by atoms with van der Waals surface area (Å²) in [5.41, 5.74) is 0.942. The highest BCUT2D eigenvalue weighted by molar-refractivity contribution is 9.10. The minimum atomic E-state index is -1.82. The number of anilines is 1. The largest absolute Gasteiger partial charge is 0.473 e. The van der Waals surface area contributed by atoms with Crippen LogP contribution < -0.4 is 9.88 Å². The maximum absolute atomic E-state index is 9.10. The van der Waals surface area contributed by atoms with Gasteiger partial charge >= 0.3 is 11.9 Å². The Bertz CT molecular complexity index is 317. The number of para-hydroxylation sites is 1. The predicted molar refractivity (Wildman–Crippen MR) is 57.3 cm³/mol. The molecule has 7 heteroatoms. The highest BCUT2D eigenvalue weighted by Crippen LogP contribution is 2.11. The minimum absolute atomic E-state index is 0.942. The lowest BCUT2D eigenvalue weighted by molar-refractivity contribution is -0.159. The van der Waals surface area contributed by atoms with Crippen molar-refractivity contribution in [2.45, 2.75) is 0 Å². The molecule has 0 bridgehead atoms. The molecule has 1 rings (SSSR count). The first-order valence-electron chi connectivity index (χ1n) is 3.67. The molecular formula is C8H9BrN2O4. The number of hydrogen-bond donors (Lipinski definition) is 3. The number of nitrogens with two attached hydrogens (primary N) is 1. The van der Waals surface area contributed by atoms with E-state index < -0.39 is 11.9 Å². The topological polar surface area (TPSA) is 104 Å². The van der Waals surface area contributed by atoms with Crippen LogP contribution in [0.3, 0.4) is 0 Å². The van der Waals surface area contributed by atoms with Gasteiger partial charge in [-0.05, 0) is 12.1 Å². The molecule has 82 valence electrons. The maximum atomic E-state index is 9.10. The summed E-state index contributed by atoms with van der Waals surface area (Å²) in [5.74, 6) is 1.72. The van der Waals surface area contributed by atoms with Gasteiger partial charge in [0, 0.05) is 0 Å².